The zero-order chi connectivity index (χ0) is 12.9. The number of benzene rings is 1. The van der Waals surface area contributed by atoms with Crippen LogP contribution in [0.3, 0.4) is 0 Å². The summed E-state index contributed by atoms with van der Waals surface area (Å²) in [5.41, 5.74) is 7.36. The van der Waals surface area contributed by atoms with E-state index in [1.807, 2.05) is 6.07 Å². The highest BCUT2D eigenvalue weighted by Gasteiger charge is 2.32. The van der Waals surface area contributed by atoms with Crippen LogP contribution in [0.4, 0.5) is 0 Å². The molecule has 0 amide bonds. The van der Waals surface area contributed by atoms with Crippen molar-refractivity contribution < 1.29 is 0 Å². The van der Waals surface area contributed by atoms with Crippen LogP contribution in [0, 0.1) is 17.3 Å². The van der Waals surface area contributed by atoms with E-state index in [2.05, 4.69) is 64.1 Å². The topological polar surface area (TPSA) is 26.0 Å². The Morgan fingerprint density at radius 2 is 1.59 bits per heavy atom. The first-order chi connectivity index (χ1) is 8.03. The lowest BCUT2D eigenvalue weighted by molar-refractivity contribution is 0.191. The van der Waals surface area contributed by atoms with Crippen LogP contribution in [0.1, 0.15) is 33.3 Å². The summed E-state index contributed by atoms with van der Waals surface area (Å²) in [7, 11) is 0. The third kappa shape index (κ3) is 3.19. The molecule has 2 N–H and O–H groups in total. The van der Waals surface area contributed by atoms with Crippen molar-refractivity contribution >= 4 is 6.08 Å². The molecule has 0 saturated carbocycles. The van der Waals surface area contributed by atoms with Crippen molar-refractivity contribution in [1.29, 1.82) is 0 Å². The van der Waals surface area contributed by atoms with Gasteiger partial charge in [-0.05, 0) is 17.4 Å². The van der Waals surface area contributed by atoms with Crippen molar-refractivity contribution in [3.8, 4) is 0 Å². The van der Waals surface area contributed by atoms with Crippen LogP contribution in [0.5, 0.6) is 0 Å². The molecule has 0 fully saturated rings. The van der Waals surface area contributed by atoms with Crippen LogP contribution in [0.2, 0.25) is 0 Å². The van der Waals surface area contributed by atoms with E-state index in [1.165, 1.54) is 5.56 Å². The molecule has 0 aliphatic heterocycles. The quantitative estimate of drug-likeness (QED) is 0.815. The average Bonchev–Trinajstić information content (AvgIpc) is 2.31. The molecule has 0 bridgehead atoms. The van der Waals surface area contributed by atoms with Gasteiger partial charge in [-0.2, -0.15) is 0 Å². The standard InChI is InChI=1S/C16H25N/c1-13(2)16(12-17,14(3)4)11-10-15-8-6-5-7-9-15/h5-11,13-14H,12,17H2,1-4H3. The third-order valence-corrected chi connectivity index (χ3v) is 3.89. The number of nitrogens with two attached hydrogens (primary N) is 1. The van der Waals surface area contributed by atoms with Crippen molar-refractivity contribution in [2.24, 2.45) is 23.0 Å². The second-order valence-electron chi connectivity index (χ2n) is 5.37. The van der Waals surface area contributed by atoms with E-state index in [0.717, 1.165) is 0 Å². The summed E-state index contributed by atoms with van der Waals surface area (Å²) in [6.45, 7) is 9.71. The largest absolute Gasteiger partial charge is 0.330 e. The lowest BCUT2D eigenvalue weighted by Crippen LogP contribution is -2.38. The first-order valence-corrected chi connectivity index (χ1v) is 6.47. The lowest BCUT2D eigenvalue weighted by atomic mass is 9.68. The van der Waals surface area contributed by atoms with Gasteiger partial charge in [0, 0.05) is 12.0 Å². The predicted molar refractivity (Wildman–Crippen MR) is 76.6 cm³/mol. The van der Waals surface area contributed by atoms with Gasteiger partial charge in [-0.3, -0.25) is 0 Å². The van der Waals surface area contributed by atoms with Crippen molar-refractivity contribution in [3.05, 3.63) is 42.0 Å². The summed E-state index contributed by atoms with van der Waals surface area (Å²) in [5, 5.41) is 0. The summed E-state index contributed by atoms with van der Waals surface area (Å²) < 4.78 is 0. The molecule has 0 heterocycles. The van der Waals surface area contributed by atoms with Crippen LogP contribution < -0.4 is 5.73 Å². The van der Waals surface area contributed by atoms with Crippen molar-refractivity contribution in [2.75, 3.05) is 6.54 Å². The third-order valence-electron chi connectivity index (χ3n) is 3.89. The van der Waals surface area contributed by atoms with Crippen molar-refractivity contribution in [1.82, 2.24) is 0 Å². The van der Waals surface area contributed by atoms with Gasteiger partial charge in [0.15, 0.2) is 0 Å². The molecule has 94 valence electrons. The Morgan fingerprint density at radius 3 is 2.00 bits per heavy atom. The molecule has 0 radical (unpaired) electrons. The average molecular weight is 231 g/mol. The molecule has 0 saturated heterocycles. The molecule has 1 nitrogen and oxygen atoms in total. The van der Waals surface area contributed by atoms with Crippen LogP contribution in [-0.4, -0.2) is 6.54 Å². The fourth-order valence-electron chi connectivity index (χ4n) is 2.41. The van der Waals surface area contributed by atoms with E-state index in [1.54, 1.807) is 0 Å². The Labute approximate surface area is 106 Å². The van der Waals surface area contributed by atoms with E-state index >= 15 is 0 Å². The number of hydrogen-bond donors (Lipinski definition) is 1. The number of hydrogen-bond acceptors (Lipinski definition) is 1. The molecular formula is C16H25N. The minimum atomic E-state index is 0.0931. The van der Waals surface area contributed by atoms with Crippen LogP contribution in [0.15, 0.2) is 36.4 Å². The van der Waals surface area contributed by atoms with Gasteiger partial charge in [-0.1, -0.05) is 70.2 Å². The molecule has 0 aliphatic rings. The molecule has 0 aromatic heterocycles. The first-order valence-electron chi connectivity index (χ1n) is 6.47. The molecule has 1 aromatic rings. The van der Waals surface area contributed by atoms with Crippen LogP contribution >= 0.6 is 0 Å². The van der Waals surface area contributed by atoms with Gasteiger partial charge < -0.3 is 5.73 Å². The minimum Gasteiger partial charge on any atom is -0.330 e. The van der Waals surface area contributed by atoms with Gasteiger partial charge in [0.2, 0.25) is 0 Å². The van der Waals surface area contributed by atoms with Gasteiger partial charge in [0.05, 0.1) is 0 Å². The van der Waals surface area contributed by atoms with Gasteiger partial charge in [0.25, 0.3) is 0 Å². The fourth-order valence-corrected chi connectivity index (χ4v) is 2.41. The zero-order valence-corrected chi connectivity index (χ0v) is 11.5. The van der Waals surface area contributed by atoms with E-state index in [0.29, 0.717) is 18.4 Å². The Bertz CT molecular complexity index is 341. The van der Waals surface area contributed by atoms with Gasteiger partial charge in [0.1, 0.15) is 0 Å². The van der Waals surface area contributed by atoms with Crippen LogP contribution in [0.25, 0.3) is 6.08 Å². The molecule has 1 heteroatoms. The SMILES string of the molecule is CC(C)C(C=Cc1ccccc1)(CN)C(C)C. The maximum Gasteiger partial charge on any atom is 0.00536 e. The summed E-state index contributed by atoms with van der Waals surface area (Å²) in [4.78, 5) is 0. The summed E-state index contributed by atoms with van der Waals surface area (Å²) >= 11 is 0. The van der Waals surface area contributed by atoms with Gasteiger partial charge >= 0.3 is 0 Å². The maximum atomic E-state index is 6.02. The van der Waals surface area contributed by atoms with Gasteiger partial charge in [-0.15, -0.1) is 0 Å². The Morgan fingerprint density at radius 1 is 1.06 bits per heavy atom. The van der Waals surface area contributed by atoms with Crippen molar-refractivity contribution in [2.45, 2.75) is 27.7 Å². The van der Waals surface area contributed by atoms with Crippen molar-refractivity contribution in [3.63, 3.8) is 0 Å². The number of rotatable bonds is 5. The highest BCUT2D eigenvalue weighted by Crippen LogP contribution is 2.36. The second kappa shape index (κ2) is 6.02. The molecule has 0 spiro atoms. The smallest absolute Gasteiger partial charge is 0.00536 e. The highest BCUT2D eigenvalue weighted by molar-refractivity contribution is 5.50. The summed E-state index contributed by atoms with van der Waals surface area (Å²) in [6, 6.07) is 10.4. The van der Waals surface area contributed by atoms with Gasteiger partial charge in [-0.25, -0.2) is 0 Å². The summed E-state index contributed by atoms with van der Waals surface area (Å²) in [6.07, 6.45) is 4.50. The van der Waals surface area contributed by atoms with E-state index in [4.69, 9.17) is 5.73 Å². The van der Waals surface area contributed by atoms with E-state index in [-0.39, 0.29) is 5.41 Å². The highest BCUT2D eigenvalue weighted by atomic mass is 14.6. The molecule has 0 atom stereocenters. The lowest BCUT2D eigenvalue weighted by Gasteiger charge is -2.38. The van der Waals surface area contributed by atoms with E-state index in [9.17, 15) is 0 Å². The zero-order valence-electron chi connectivity index (χ0n) is 11.5. The first kappa shape index (κ1) is 14.0. The normalized spacial score (nSPS) is 12.9. The molecule has 1 aromatic carbocycles. The molecule has 17 heavy (non-hydrogen) atoms. The molecule has 0 aliphatic carbocycles. The Balaban J connectivity index is 2.98. The molecular weight excluding hydrogens is 206 g/mol. The fraction of sp³-hybridized carbons (Fsp3) is 0.500. The predicted octanol–water partition coefficient (Wildman–Crippen LogP) is 3.96. The second-order valence-corrected chi connectivity index (χ2v) is 5.37. The Hall–Kier alpha value is -1.08. The Kier molecular flexibility index (Phi) is 4.95. The maximum absolute atomic E-state index is 6.02. The minimum absolute atomic E-state index is 0.0931. The van der Waals surface area contributed by atoms with Crippen LogP contribution in [-0.2, 0) is 0 Å². The molecule has 1 rings (SSSR count). The molecule has 0 unspecified atom stereocenters. The monoisotopic (exact) mass is 231 g/mol. The summed E-state index contributed by atoms with van der Waals surface area (Å²) in [5.74, 6) is 1.10. The van der Waals surface area contributed by atoms with E-state index < -0.39 is 0 Å².